The van der Waals surface area contributed by atoms with Crippen LogP contribution in [0.3, 0.4) is 0 Å². The van der Waals surface area contributed by atoms with Gasteiger partial charge in [0.25, 0.3) is 5.91 Å². The van der Waals surface area contributed by atoms with E-state index in [-0.39, 0.29) is 11.8 Å². The summed E-state index contributed by atoms with van der Waals surface area (Å²) in [5.41, 5.74) is 1.72. The number of hydrogen-bond donors (Lipinski definition) is 2. The smallest absolute Gasteiger partial charge is 0.254 e. The summed E-state index contributed by atoms with van der Waals surface area (Å²) in [4.78, 5) is 24.9. The topological polar surface area (TPSA) is 113 Å². The van der Waals surface area contributed by atoms with Crippen molar-refractivity contribution < 1.29 is 4.79 Å². The highest BCUT2D eigenvalue weighted by molar-refractivity contribution is 8.01. The second-order valence-electron chi connectivity index (χ2n) is 7.74. The van der Waals surface area contributed by atoms with Crippen molar-refractivity contribution in [2.45, 2.75) is 34.8 Å². The van der Waals surface area contributed by atoms with Gasteiger partial charge in [0, 0.05) is 35.7 Å². The first-order valence-corrected chi connectivity index (χ1v) is 12.2. The van der Waals surface area contributed by atoms with Crippen LogP contribution in [0, 0.1) is 6.92 Å². The Morgan fingerprint density at radius 2 is 2.09 bits per heavy atom. The highest BCUT2D eigenvalue weighted by Crippen LogP contribution is 2.36. The molecule has 4 heterocycles. The van der Waals surface area contributed by atoms with E-state index in [1.165, 1.54) is 0 Å². The number of carbonyl (C=O) groups is 1. The van der Waals surface area contributed by atoms with Gasteiger partial charge in [-0.05, 0) is 49.6 Å². The van der Waals surface area contributed by atoms with E-state index in [2.05, 4.69) is 35.9 Å². The van der Waals surface area contributed by atoms with Crippen molar-refractivity contribution in [3.8, 4) is 0 Å². The molecule has 2 N–H and O–H groups in total. The minimum Gasteiger partial charge on any atom is -0.339 e. The van der Waals surface area contributed by atoms with Gasteiger partial charge >= 0.3 is 0 Å². The molecule has 3 aromatic heterocycles. The Balaban J connectivity index is 1.24. The molecule has 1 aromatic carbocycles. The van der Waals surface area contributed by atoms with Gasteiger partial charge in [0.1, 0.15) is 5.82 Å². The molecule has 0 unspecified atom stereocenters. The van der Waals surface area contributed by atoms with E-state index in [1.54, 1.807) is 29.3 Å². The van der Waals surface area contributed by atoms with E-state index in [1.807, 2.05) is 54.4 Å². The van der Waals surface area contributed by atoms with Gasteiger partial charge in [-0.2, -0.15) is 5.21 Å². The Kier molecular flexibility index (Phi) is 6.31. The number of anilines is 2. The standard InChI is InChI=1S/C22H22N8OS2/c1-14-5-6-16(32-19-13-24-22(33-19)25-18-4-2-3-9-23-18)12-17(14)21(31)30-10-7-15(8-11-30)20-26-28-29-27-20/h2-6,9,12-13,15H,7-8,10-11H2,1H3,(H,23,24,25)(H,26,27,28,29). The molecule has 0 bridgehead atoms. The number of nitrogens with one attached hydrogen (secondary N) is 2. The molecule has 1 amide bonds. The molecule has 0 spiro atoms. The van der Waals surface area contributed by atoms with Gasteiger partial charge in [-0.25, -0.2) is 9.97 Å². The van der Waals surface area contributed by atoms with Crippen molar-refractivity contribution in [1.82, 2.24) is 35.5 Å². The molecule has 0 saturated carbocycles. The highest BCUT2D eigenvalue weighted by Gasteiger charge is 2.27. The summed E-state index contributed by atoms with van der Waals surface area (Å²) >= 11 is 3.16. The van der Waals surface area contributed by atoms with Crippen molar-refractivity contribution in [2.24, 2.45) is 0 Å². The first-order chi connectivity index (χ1) is 16.2. The first kappa shape index (κ1) is 21.5. The number of piperidine rings is 1. The summed E-state index contributed by atoms with van der Waals surface area (Å²) < 4.78 is 1.04. The fourth-order valence-corrected chi connectivity index (χ4v) is 5.68. The summed E-state index contributed by atoms with van der Waals surface area (Å²) in [5, 5.41) is 18.3. The summed E-state index contributed by atoms with van der Waals surface area (Å²) in [6.07, 6.45) is 5.26. The Labute approximate surface area is 199 Å². The van der Waals surface area contributed by atoms with Crippen LogP contribution in [0.1, 0.15) is 40.5 Å². The molecule has 9 nitrogen and oxygen atoms in total. The number of aromatic amines is 1. The predicted molar refractivity (Wildman–Crippen MR) is 127 cm³/mol. The fraction of sp³-hybridized carbons (Fsp3) is 0.273. The number of nitrogens with zero attached hydrogens (tertiary/aromatic N) is 6. The minimum absolute atomic E-state index is 0.0725. The second kappa shape index (κ2) is 9.67. The van der Waals surface area contributed by atoms with Crippen LogP contribution >= 0.6 is 23.1 Å². The van der Waals surface area contributed by atoms with Crippen LogP contribution in [0.5, 0.6) is 0 Å². The van der Waals surface area contributed by atoms with Crippen molar-refractivity contribution in [2.75, 3.05) is 18.4 Å². The number of carbonyl (C=O) groups excluding carboxylic acids is 1. The maximum atomic E-state index is 13.3. The molecular weight excluding hydrogens is 456 g/mol. The normalized spacial score (nSPS) is 14.4. The van der Waals surface area contributed by atoms with E-state index >= 15 is 0 Å². The van der Waals surface area contributed by atoms with Crippen LogP contribution in [-0.4, -0.2) is 54.5 Å². The SMILES string of the molecule is Cc1ccc(Sc2cnc(Nc3ccccn3)s2)cc1C(=O)N1CCC(c2nn[nH]n2)CC1. The highest BCUT2D eigenvalue weighted by atomic mass is 32.2. The lowest BCUT2D eigenvalue weighted by Gasteiger charge is -2.31. The van der Waals surface area contributed by atoms with E-state index in [4.69, 9.17) is 0 Å². The zero-order valence-corrected chi connectivity index (χ0v) is 19.6. The van der Waals surface area contributed by atoms with Crippen LogP contribution in [0.25, 0.3) is 0 Å². The zero-order chi connectivity index (χ0) is 22.6. The van der Waals surface area contributed by atoms with Gasteiger partial charge in [0.2, 0.25) is 0 Å². The van der Waals surface area contributed by atoms with Crippen LogP contribution in [0.2, 0.25) is 0 Å². The third kappa shape index (κ3) is 5.04. The van der Waals surface area contributed by atoms with Crippen LogP contribution in [-0.2, 0) is 0 Å². The maximum absolute atomic E-state index is 13.3. The molecule has 168 valence electrons. The largest absolute Gasteiger partial charge is 0.339 e. The lowest BCUT2D eigenvalue weighted by atomic mass is 9.95. The Bertz CT molecular complexity index is 1220. The number of likely N-dealkylation sites (tertiary alicyclic amines) is 1. The summed E-state index contributed by atoms with van der Waals surface area (Å²) in [5.74, 6) is 1.81. The lowest BCUT2D eigenvalue weighted by molar-refractivity contribution is 0.0710. The summed E-state index contributed by atoms with van der Waals surface area (Å²) in [6.45, 7) is 3.35. The quantitative estimate of drug-likeness (QED) is 0.422. The van der Waals surface area contributed by atoms with Crippen molar-refractivity contribution in [3.63, 3.8) is 0 Å². The zero-order valence-electron chi connectivity index (χ0n) is 17.9. The summed E-state index contributed by atoms with van der Waals surface area (Å²) in [7, 11) is 0. The molecule has 0 radical (unpaired) electrons. The Hall–Kier alpha value is -3.31. The van der Waals surface area contributed by atoms with E-state index in [9.17, 15) is 4.79 Å². The predicted octanol–water partition coefficient (Wildman–Crippen LogP) is 4.27. The number of benzene rings is 1. The van der Waals surface area contributed by atoms with Gasteiger partial charge in [0.15, 0.2) is 11.0 Å². The molecule has 5 rings (SSSR count). The molecular formula is C22H22N8OS2. The number of aromatic nitrogens is 6. The van der Waals surface area contributed by atoms with E-state index in [0.29, 0.717) is 13.1 Å². The molecule has 0 aliphatic carbocycles. The number of tetrazole rings is 1. The number of pyridine rings is 1. The molecule has 4 aromatic rings. The summed E-state index contributed by atoms with van der Waals surface area (Å²) in [6, 6.07) is 11.7. The third-order valence-corrected chi connectivity index (χ3v) is 7.55. The third-order valence-electron chi connectivity index (χ3n) is 5.55. The van der Waals surface area contributed by atoms with Gasteiger partial charge < -0.3 is 10.2 Å². The molecule has 1 aliphatic heterocycles. The van der Waals surface area contributed by atoms with E-state index in [0.717, 1.165) is 49.8 Å². The van der Waals surface area contributed by atoms with Gasteiger partial charge in [0.05, 0.1) is 10.4 Å². The molecule has 33 heavy (non-hydrogen) atoms. The Morgan fingerprint density at radius 3 is 2.85 bits per heavy atom. The van der Waals surface area contributed by atoms with Crippen molar-refractivity contribution >= 4 is 40.0 Å². The maximum Gasteiger partial charge on any atom is 0.254 e. The number of H-pyrrole nitrogens is 1. The number of aryl methyl sites for hydroxylation is 1. The number of amides is 1. The number of thiazole rings is 1. The average Bonchev–Trinajstić information content (AvgIpc) is 3.53. The average molecular weight is 479 g/mol. The van der Waals surface area contributed by atoms with Crippen LogP contribution < -0.4 is 5.32 Å². The van der Waals surface area contributed by atoms with Gasteiger partial charge in [-0.3, -0.25) is 4.79 Å². The Morgan fingerprint density at radius 1 is 1.21 bits per heavy atom. The monoisotopic (exact) mass is 478 g/mol. The van der Waals surface area contributed by atoms with E-state index < -0.39 is 0 Å². The number of rotatable bonds is 6. The fourth-order valence-electron chi connectivity index (χ4n) is 3.78. The lowest BCUT2D eigenvalue weighted by Crippen LogP contribution is -2.38. The minimum atomic E-state index is 0.0725. The molecule has 1 aliphatic rings. The first-order valence-electron chi connectivity index (χ1n) is 10.6. The van der Waals surface area contributed by atoms with Crippen molar-refractivity contribution in [3.05, 3.63) is 65.7 Å². The second-order valence-corrected chi connectivity index (χ2v) is 10.1. The molecule has 0 atom stereocenters. The van der Waals surface area contributed by atoms with Gasteiger partial charge in [-0.15, -0.1) is 10.2 Å². The van der Waals surface area contributed by atoms with Crippen LogP contribution in [0.15, 0.2) is 57.9 Å². The van der Waals surface area contributed by atoms with Crippen LogP contribution in [0.4, 0.5) is 10.9 Å². The van der Waals surface area contributed by atoms with Gasteiger partial charge in [-0.1, -0.05) is 40.4 Å². The molecule has 1 saturated heterocycles. The molecule has 1 fully saturated rings. The number of hydrogen-bond acceptors (Lipinski definition) is 9. The van der Waals surface area contributed by atoms with Crippen molar-refractivity contribution in [1.29, 1.82) is 0 Å². The molecule has 11 heteroatoms.